The fourth-order valence-electron chi connectivity index (χ4n) is 4.54. The van der Waals surface area contributed by atoms with E-state index in [-0.39, 0.29) is 24.2 Å². The normalized spacial score (nSPS) is 27.9. The molecule has 0 spiro atoms. The van der Waals surface area contributed by atoms with Crippen LogP contribution in [0.1, 0.15) is 58.8 Å². The molecule has 162 valence electrons. The number of allylic oxidation sites excluding steroid dienone is 2. The molecular weight excluding hydrogens is 374 g/mol. The zero-order valence-electron chi connectivity index (χ0n) is 17.7. The van der Waals surface area contributed by atoms with Gasteiger partial charge in [-0.3, -0.25) is 0 Å². The topological polar surface area (TPSA) is 27.7 Å². The third-order valence-electron chi connectivity index (χ3n) is 6.25. The van der Waals surface area contributed by atoms with Crippen molar-refractivity contribution in [2.45, 2.75) is 64.9 Å². The van der Waals surface area contributed by atoms with Gasteiger partial charge in [-0.2, -0.15) is 8.78 Å². The lowest BCUT2D eigenvalue weighted by molar-refractivity contribution is -0.0558. The van der Waals surface area contributed by atoms with E-state index in [1.54, 1.807) is 0 Å². The fourth-order valence-corrected chi connectivity index (χ4v) is 4.54. The van der Waals surface area contributed by atoms with Crippen LogP contribution in [0.25, 0.3) is 0 Å². The van der Waals surface area contributed by atoms with Gasteiger partial charge in [0.1, 0.15) is 6.61 Å². The Morgan fingerprint density at radius 1 is 0.966 bits per heavy atom. The van der Waals surface area contributed by atoms with Crippen LogP contribution >= 0.6 is 0 Å². The predicted octanol–water partition coefficient (Wildman–Crippen LogP) is 6.31. The summed E-state index contributed by atoms with van der Waals surface area (Å²) in [5, 5.41) is 0. The molecule has 0 amide bonds. The Balaban J connectivity index is 1.43. The molecule has 3 rings (SSSR count). The van der Waals surface area contributed by atoms with Crippen LogP contribution in [0.4, 0.5) is 8.78 Å². The largest absolute Gasteiger partial charge is 0.490 e. The van der Waals surface area contributed by atoms with Gasteiger partial charge < -0.3 is 14.2 Å². The van der Waals surface area contributed by atoms with Crippen LogP contribution < -0.4 is 9.47 Å². The fraction of sp³-hybridized carbons (Fsp3) is 0.667. The molecule has 0 bridgehead atoms. The lowest BCUT2D eigenvalue weighted by Crippen LogP contribution is -2.35. The van der Waals surface area contributed by atoms with Crippen LogP contribution in [0, 0.1) is 29.4 Å². The molecule has 2 unspecified atom stereocenters. The molecule has 3 nitrogen and oxygen atoms in total. The minimum atomic E-state index is -0.995. The van der Waals surface area contributed by atoms with E-state index in [9.17, 15) is 8.78 Å². The summed E-state index contributed by atoms with van der Waals surface area (Å²) in [4.78, 5) is 0. The molecule has 2 aliphatic rings. The lowest BCUT2D eigenvalue weighted by atomic mass is 9.74. The minimum absolute atomic E-state index is 0.0657. The lowest BCUT2D eigenvalue weighted by Gasteiger charge is -2.37. The molecule has 1 aliphatic carbocycles. The molecular formula is C24H34F2O3. The standard InChI is InChI=1S/C24H34F2O3/c1-3-5-17-6-8-18(9-7-17)19-10-11-20(28-15-19)16-29-22-13-12-21(27-14-4-2)23(25)24(22)26/h3,5,12-13,17-20H,4,6-11,14-16H2,1-2H3/b5-3+. The summed E-state index contributed by atoms with van der Waals surface area (Å²) in [7, 11) is 0. The Hall–Kier alpha value is -1.62. The Morgan fingerprint density at radius 2 is 1.62 bits per heavy atom. The molecule has 1 aromatic carbocycles. The average molecular weight is 409 g/mol. The maximum Gasteiger partial charge on any atom is 0.204 e. The molecule has 0 radical (unpaired) electrons. The SMILES string of the molecule is C/C=C/C1CCC(C2CCC(COc3ccc(OCCC)c(F)c3F)OC2)CC1. The molecule has 2 fully saturated rings. The van der Waals surface area contributed by atoms with Crippen LogP contribution in [0.2, 0.25) is 0 Å². The van der Waals surface area contributed by atoms with E-state index in [1.807, 2.05) is 6.92 Å². The van der Waals surface area contributed by atoms with Crippen molar-refractivity contribution in [2.24, 2.45) is 17.8 Å². The monoisotopic (exact) mass is 408 g/mol. The summed E-state index contributed by atoms with van der Waals surface area (Å²) in [6, 6.07) is 2.85. The molecule has 0 aromatic heterocycles. The van der Waals surface area contributed by atoms with E-state index in [0.717, 1.165) is 37.7 Å². The third-order valence-corrected chi connectivity index (χ3v) is 6.25. The van der Waals surface area contributed by atoms with Crippen molar-refractivity contribution in [1.29, 1.82) is 0 Å². The molecule has 1 aromatic rings. The van der Waals surface area contributed by atoms with Gasteiger partial charge in [-0.15, -0.1) is 0 Å². The molecule has 29 heavy (non-hydrogen) atoms. The number of ether oxygens (including phenoxy) is 3. The van der Waals surface area contributed by atoms with Crippen LogP contribution in [0.5, 0.6) is 11.5 Å². The highest BCUT2D eigenvalue weighted by molar-refractivity contribution is 5.35. The Labute approximate surface area is 173 Å². The number of halogens is 2. The summed E-state index contributed by atoms with van der Waals surface area (Å²) >= 11 is 0. The quantitative estimate of drug-likeness (QED) is 0.472. The first kappa shape index (κ1) is 22.1. The van der Waals surface area contributed by atoms with Gasteiger partial charge in [0.05, 0.1) is 19.3 Å². The molecule has 1 saturated carbocycles. The summed E-state index contributed by atoms with van der Waals surface area (Å²) in [6.07, 6.45) is 12.3. The summed E-state index contributed by atoms with van der Waals surface area (Å²) < 4.78 is 45.0. The van der Waals surface area contributed by atoms with Crippen molar-refractivity contribution in [3.63, 3.8) is 0 Å². The maximum atomic E-state index is 14.2. The van der Waals surface area contributed by atoms with Gasteiger partial charge in [0.2, 0.25) is 11.6 Å². The Kier molecular flexibility index (Phi) is 8.34. The van der Waals surface area contributed by atoms with Gasteiger partial charge in [-0.1, -0.05) is 19.1 Å². The number of hydrogen-bond acceptors (Lipinski definition) is 3. The second-order valence-electron chi connectivity index (χ2n) is 8.34. The Bertz CT molecular complexity index is 660. The molecule has 1 heterocycles. The van der Waals surface area contributed by atoms with Gasteiger partial charge in [0.15, 0.2) is 11.5 Å². The van der Waals surface area contributed by atoms with E-state index in [0.29, 0.717) is 12.5 Å². The van der Waals surface area contributed by atoms with E-state index in [1.165, 1.54) is 37.8 Å². The van der Waals surface area contributed by atoms with Crippen molar-refractivity contribution in [3.05, 3.63) is 35.9 Å². The third kappa shape index (κ3) is 5.94. The number of hydrogen-bond donors (Lipinski definition) is 0. The van der Waals surface area contributed by atoms with E-state index in [4.69, 9.17) is 14.2 Å². The second kappa shape index (κ2) is 11.0. The van der Waals surface area contributed by atoms with Gasteiger partial charge in [-0.05, 0) is 81.8 Å². The van der Waals surface area contributed by atoms with Gasteiger partial charge >= 0.3 is 0 Å². The zero-order chi connectivity index (χ0) is 20.6. The number of benzene rings is 1. The minimum Gasteiger partial charge on any atom is -0.490 e. The number of rotatable bonds is 8. The van der Waals surface area contributed by atoms with Gasteiger partial charge in [0.25, 0.3) is 0 Å². The smallest absolute Gasteiger partial charge is 0.204 e. The van der Waals surface area contributed by atoms with E-state index in [2.05, 4.69) is 19.1 Å². The van der Waals surface area contributed by atoms with E-state index < -0.39 is 11.6 Å². The zero-order valence-corrected chi connectivity index (χ0v) is 17.7. The summed E-state index contributed by atoms with van der Waals surface area (Å²) in [6.45, 7) is 5.35. The van der Waals surface area contributed by atoms with Crippen molar-refractivity contribution in [1.82, 2.24) is 0 Å². The van der Waals surface area contributed by atoms with Crippen LogP contribution in [0.3, 0.4) is 0 Å². The molecule has 0 N–H and O–H groups in total. The van der Waals surface area contributed by atoms with Gasteiger partial charge in [-0.25, -0.2) is 0 Å². The summed E-state index contributed by atoms with van der Waals surface area (Å²) in [5.41, 5.74) is 0. The molecule has 1 aliphatic heterocycles. The Morgan fingerprint density at radius 3 is 2.21 bits per heavy atom. The highest BCUT2D eigenvalue weighted by atomic mass is 19.2. The van der Waals surface area contributed by atoms with E-state index >= 15 is 0 Å². The predicted molar refractivity (Wildman–Crippen MR) is 110 cm³/mol. The van der Waals surface area contributed by atoms with Crippen LogP contribution in [-0.2, 0) is 4.74 Å². The highest BCUT2D eigenvalue weighted by Gasteiger charge is 2.31. The van der Waals surface area contributed by atoms with Crippen molar-refractivity contribution in [2.75, 3.05) is 19.8 Å². The average Bonchev–Trinajstić information content (AvgIpc) is 2.75. The molecule has 1 saturated heterocycles. The highest BCUT2D eigenvalue weighted by Crippen LogP contribution is 2.38. The van der Waals surface area contributed by atoms with Crippen molar-refractivity contribution in [3.8, 4) is 11.5 Å². The van der Waals surface area contributed by atoms with Crippen LogP contribution in [0.15, 0.2) is 24.3 Å². The second-order valence-corrected chi connectivity index (χ2v) is 8.34. The molecule has 5 heteroatoms. The first-order chi connectivity index (χ1) is 14.1. The first-order valence-electron chi connectivity index (χ1n) is 11.1. The maximum absolute atomic E-state index is 14.2. The summed E-state index contributed by atoms with van der Waals surface area (Å²) in [5.74, 6) is -0.0326. The van der Waals surface area contributed by atoms with Crippen molar-refractivity contribution >= 4 is 0 Å². The van der Waals surface area contributed by atoms with Gasteiger partial charge in [0, 0.05) is 0 Å². The van der Waals surface area contributed by atoms with Crippen molar-refractivity contribution < 1.29 is 23.0 Å². The molecule has 2 atom stereocenters. The first-order valence-corrected chi connectivity index (χ1v) is 11.1. The van der Waals surface area contributed by atoms with Crippen LogP contribution in [-0.4, -0.2) is 25.9 Å².